The molecule has 0 saturated carbocycles. The first kappa shape index (κ1) is 9.20. The number of fused-ring (bicyclic) bond motifs is 1. The Hall–Kier alpha value is -0.890. The second-order valence-electron chi connectivity index (χ2n) is 2.22. The van der Waals surface area contributed by atoms with Gasteiger partial charge in [-0.3, -0.25) is 0 Å². The van der Waals surface area contributed by atoms with Crippen LogP contribution in [0.5, 0.6) is 0 Å². The summed E-state index contributed by atoms with van der Waals surface area (Å²) >= 11 is 5.76. The van der Waals surface area contributed by atoms with Gasteiger partial charge in [-0.25, -0.2) is 0 Å². The van der Waals surface area contributed by atoms with Crippen LogP contribution in [0.25, 0.3) is 0 Å². The molecule has 0 unspecified atom stereocenters. The van der Waals surface area contributed by atoms with Gasteiger partial charge in [0.05, 0.1) is 18.0 Å². The first-order chi connectivity index (χ1) is 5.86. The molecule has 2 rings (SSSR count). The van der Waals surface area contributed by atoms with Crippen molar-refractivity contribution in [2.24, 2.45) is 0 Å². The minimum absolute atomic E-state index is 0.773. The maximum atomic E-state index is 5.76. The molecule has 66 valence electrons. The van der Waals surface area contributed by atoms with E-state index in [1.165, 1.54) is 0 Å². The van der Waals surface area contributed by atoms with E-state index < -0.39 is 0 Å². The van der Waals surface area contributed by atoms with E-state index in [1.807, 2.05) is 32.0 Å². The van der Waals surface area contributed by atoms with Gasteiger partial charge in [0.25, 0.3) is 0 Å². The van der Waals surface area contributed by atoms with Crippen molar-refractivity contribution in [1.82, 2.24) is 0 Å². The molecular formula is C9H13ClN2. The number of nitrogens with one attached hydrogen (secondary N) is 2. The average molecular weight is 185 g/mol. The Kier molecular flexibility index (Phi) is 3.23. The lowest BCUT2D eigenvalue weighted by Crippen LogP contribution is -1.98. The molecule has 0 atom stereocenters. The zero-order chi connectivity index (χ0) is 8.97. The van der Waals surface area contributed by atoms with Crippen molar-refractivity contribution in [2.45, 2.75) is 13.8 Å². The fraction of sp³-hybridized carbons (Fsp3) is 0.333. The molecule has 3 heteroatoms. The summed E-state index contributed by atoms with van der Waals surface area (Å²) in [4.78, 5) is 0. The highest BCUT2D eigenvalue weighted by Gasteiger charge is 2.07. The van der Waals surface area contributed by atoms with Crippen LogP contribution >= 0.6 is 11.6 Å². The highest BCUT2D eigenvalue weighted by molar-refractivity contribution is 6.31. The van der Waals surface area contributed by atoms with Gasteiger partial charge in [0.1, 0.15) is 0 Å². The first-order valence-electron chi connectivity index (χ1n) is 4.13. The highest BCUT2D eigenvalue weighted by Crippen LogP contribution is 2.28. The maximum absolute atomic E-state index is 5.76. The predicted octanol–water partition coefficient (Wildman–Crippen LogP) is 3.16. The van der Waals surface area contributed by atoms with E-state index in [1.54, 1.807) is 0 Å². The standard InChI is InChI=1S/C7H7ClN2.C2H6/c8-5-1-2-6-7(3-5)10-4-9-6;1-2/h1-3,9-10H,4H2;1-2H3. The minimum Gasteiger partial charge on any atom is -0.366 e. The highest BCUT2D eigenvalue weighted by atomic mass is 35.5. The summed E-state index contributed by atoms with van der Waals surface area (Å²) in [7, 11) is 0. The van der Waals surface area contributed by atoms with Crippen molar-refractivity contribution in [1.29, 1.82) is 0 Å². The minimum atomic E-state index is 0.773. The van der Waals surface area contributed by atoms with Gasteiger partial charge in [0.2, 0.25) is 0 Å². The topological polar surface area (TPSA) is 24.1 Å². The van der Waals surface area contributed by atoms with Crippen LogP contribution in [0.15, 0.2) is 18.2 Å². The Balaban J connectivity index is 0.000000336. The molecule has 1 aliphatic heterocycles. The number of anilines is 2. The van der Waals surface area contributed by atoms with E-state index in [4.69, 9.17) is 11.6 Å². The van der Waals surface area contributed by atoms with Crippen molar-refractivity contribution >= 4 is 23.0 Å². The lowest BCUT2D eigenvalue weighted by Gasteiger charge is -1.96. The third-order valence-electron chi connectivity index (χ3n) is 1.54. The zero-order valence-electron chi connectivity index (χ0n) is 7.32. The van der Waals surface area contributed by atoms with Crippen molar-refractivity contribution in [3.05, 3.63) is 23.2 Å². The number of hydrogen-bond donors (Lipinski definition) is 2. The van der Waals surface area contributed by atoms with Gasteiger partial charge in [-0.05, 0) is 18.2 Å². The predicted molar refractivity (Wildman–Crippen MR) is 54.9 cm³/mol. The number of halogens is 1. The van der Waals surface area contributed by atoms with Gasteiger partial charge in [-0.1, -0.05) is 25.4 Å². The molecule has 1 aromatic carbocycles. The third kappa shape index (κ3) is 1.83. The fourth-order valence-electron chi connectivity index (χ4n) is 1.05. The van der Waals surface area contributed by atoms with E-state index in [-0.39, 0.29) is 0 Å². The summed E-state index contributed by atoms with van der Waals surface area (Å²) in [6, 6.07) is 5.76. The molecule has 0 aliphatic carbocycles. The SMILES string of the molecule is CC.Clc1ccc2c(c1)NCN2. The molecule has 2 nitrogen and oxygen atoms in total. The summed E-state index contributed by atoms with van der Waals surface area (Å²) in [5.41, 5.74) is 2.22. The largest absolute Gasteiger partial charge is 0.366 e. The lowest BCUT2D eigenvalue weighted by molar-refractivity contribution is 1.31. The molecule has 0 bridgehead atoms. The summed E-state index contributed by atoms with van der Waals surface area (Å²) in [6.45, 7) is 4.80. The number of rotatable bonds is 0. The van der Waals surface area contributed by atoms with Crippen LogP contribution in [-0.4, -0.2) is 6.67 Å². The molecule has 12 heavy (non-hydrogen) atoms. The maximum Gasteiger partial charge on any atom is 0.0850 e. The zero-order valence-corrected chi connectivity index (χ0v) is 8.07. The van der Waals surface area contributed by atoms with Gasteiger partial charge in [0.15, 0.2) is 0 Å². The second kappa shape index (κ2) is 4.21. The van der Waals surface area contributed by atoms with Crippen molar-refractivity contribution < 1.29 is 0 Å². The van der Waals surface area contributed by atoms with E-state index in [0.717, 1.165) is 23.1 Å². The first-order valence-corrected chi connectivity index (χ1v) is 4.51. The lowest BCUT2D eigenvalue weighted by atomic mass is 10.3. The van der Waals surface area contributed by atoms with Crippen LogP contribution < -0.4 is 10.6 Å². The average Bonchev–Trinajstić information content (AvgIpc) is 2.54. The van der Waals surface area contributed by atoms with Crippen LogP contribution in [0, 0.1) is 0 Å². The molecule has 0 fully saturated rings. The molecule has 2 N–H and O–H groups in total. The molecule has 0 amide bonds. The van der Waals surface area contributed by atoms with E-state index in [9.17, 15) is 0 Å². The summed E-state index contributed by atoms with van der Waals surface area (Å²) < 4.78 is 0. The monoisotopic (exact) mass is 184 g/mol. The quantitative estimate of drug-likeness (QED) is 0.647. The van der Waals surface area contributed by atoms with Crippen LogP contribution in [-0.2, 0) is 0 Å². The molecule has 0 spiro atoms. The van der Waals surface area contributed by atoms with Crippen LogP contribution in [0.4, 0.5) is 11.4 Å². The molecule has 1 aliphatic rings. The van der Waals surface area contributed by atoms with Gasteiger partial charge in [-0.2, -0.15) is 0 Å². The second-order valence-corrected chi connectivity index (χ2v) is 2.66. The Bertz CT molecular complexity index is 261. The summed E-state index contributed by atoms with van der Waals surface area (Å²) in [6.07, 6.45) is 0. The summed E-state index contributed by atoms with van der Waals surface area (Å²) in [5, 5.41) is 7.08. The van der Waals surface area contributed by atoms with Gasteiger partial charge in [-0.15, -0.1) is 0 Å². The number of hydrogen-bond acceptors (Lipinski definition) is 2. The summed E-state index contributed by atoms with van der Waals surface area (Å²) in [5.74, 6) is 0. The van der Waals surface area contributed by atoms with Crippen molar-refractivity contribution in [2.75, 3.05) is 17.3 Å². The Morgan fingerprint density at radius 1 is 1.17 bits per heavy atom. The van der Waals surface area contributed by atoms with Crippen LogP contribution in [0.1, 0.15) is 13.8 Å². The normalized spacial score (nSPS) is 11.9. The third-order valence-corrected chi connectivity index (χ3v) is 1.77. The van der Waals surface area contributed by atoms with E-state index >= 15 is 0 Å². The molecule has 0 radical (unpaired) electrons. The van der Waals surface area contributed by atoms with E-state index in [2.05, 4.69) is 10.6 Å². The Morgan fingerprint density at radius 2 is 1.83 bits per heavy atom. The molecule has 1 heterocycles. The molecule has 0 saturated heterocycles. The van der Waals surface area contributed by atoms with Crippen molar-refractivity contribution in [3.8, 4) is 0 Å². The van der Waals surface area contributed by atoms with Crippen LogP contribution in [0.3, 0.4) is 0 Å². The van der Waals surface area contributed by atoms with Crippen molar-refractivity contribution in [3.63, 3.8) is 0 Å². The van der Waals surface area contributed by atoms with Gasteiger partial charge < -0.3 is 10.6 Å². The fourth-order valence-corrected chi connectivity index (χ4v) is 1.22. The molecular weight excluding hydrogens is 172 g/mol. The molecule has 0 aromatic heterocycles. The Labute approximate surface area is 77.9 Å². The Morgan fingerprint density at radius 3 is 2.58 bits per heavy atom. The molecule has 1 aromatic rings. The van der Waals surface area contributed by atoms with Crippen LogP contribution in [0.2, 0.25) is 5.02 Å². The van der Waals surface area contributed by atoms with E-state index in [0.29, 0.717) is 0 Å². The smallest absolute Gasteiger partial charge is 0.0850 e. The number of benzene rings is 1. The van der Waals surface area contributed by atoms with Gasteiger partial charge >= 0.3 is 0 Å². The van der Waals surface area contributed by atoms with Gasteiger partial charge in [0, 0.05) is 5.02 Å².